The van der Waals surface area contributed by atoms with Gasteiger partial charge in [-0.3, -0.25) is 0 Å². The molecule has 1 nitrogen and oxygen atoms in total. The van der Waals surface area contributed by atoms with Crippen LogP contribution in [0.15, 0.2) is 176 Å². The molecular formula is C70H65N. The molecule has 4 fully saturated rings. The summed E-state index contributed by atoms with van der Waals surface area (Å²) in [7, 11) is 0. The van der Waals surface area contributed by atoms with E-state index in [-0.39, 0.29) is 16.2 Å². The Balaban J connectivity index is 0.997. The van der Waals surface area contributed by atoms with Crippen molar-refractivity contribution in [3.8, 4) is 44.5 Å². The highest BCUT2D eigenvalue weighted by Crippen LogP contribution is 2.67. The highest BCUT2D eigenvalue weighted by atomic mass is 15.1. The maximum Gasteiger partial charge on any atom is 0.0726 e. The summed E-state index contributed by atoms with van der Waals surface area (Å²) in [5.74, 6) is 3.47. The largest absolute Gasteiger partial charge is 0.309 e. The van der Waals surface area contributed by atoms with E-state index in [1.165, 1.54) is 159 Å². The second-order valence-electron chi connectivity index (χ2n) is 24.5. The minimum atomic E-state index is -0.472. The molecule has 0 saturated heterocycles. The molecule has 0 radical (unpaired) electrons. The van der Waals surface area contributed by atoms with Crippen LogP contribution >= 0.6 is 0 Å². The monoisotopic (exact) mass is 920 g/mol. The first-order valence-corrected chi connectivity index (χ1v) is 27.4. The topological polar surface area (TPSA) is 3.24 Å². The van der Waals surface area contributed by atoms with Crippen LogP contribution in [0.3, 0.4) is 0 Å². The number of rotatable bonds is 6. The summed E-state index contributed by atoms with van der Waals surface area (Å²) in [5, 5.41) is 0. The fraction of sp³-hybridized carbons (Fsp3) is 0.314. The fourth-order valence-electron chi connectivity index (χ4n) is 17.2. The predicted molar refractivity (Wildman–Crippen MR) is 295 cm³/mol. The molecule has 0 aliphatic heterocycles. The van der Waals surface area contributed by atoms with Crippen LogP contribution in [0.2, 0.25) is 0 Å². The van der Waals surface area contributed by atoms with Gasteiger partial charge in [-0.1, -0.05) is 218 Å². The zero-order valence-corrected chi connectivity index (χ0v) is 42.1. The number of fused-ring (bicyclic) bond motifs is 15. The quantitative estimate of drug-likeness (QED) is 0.161. The van der Waals surface area contributed by atoms with Crippen molar-refractivity contribution in [1.29, 1.82) is 0 Å². The van der Waals surface area contributed by atoms with E-state index >= 15 is 0 Å². The second kappa shape index (κ2) is 15.1. The van der Waals surface area contributed by atoms with E-state index in [9.17, 15) is 0 Å². The van der Waals surface area contributed by atoms with Crippen molar-refractivity contribution in [2.75, 3.05) is 4.90 Å². The molecule has 0 heterocycles. The van der Waals surface area contributed by atoms with Crippen LogP contribution in [0.1, 0.15) is 136 Å². The maximum atomic E-state index is 2.75. The van der Waals surface area contributed by atoms with Gasteiger partial charge in [0.15, 0.2) is 0 Å². The van der Waals surface area contributed by atoms with Gasteiger partial charge in [0.05, 0.1) is 16.8 Å². The second-order valence-corrected chi connectivity index (χ2v) is 24.5. The van der Waals surface area contributed by atoms with Gasteiger partial charge in [0.25, 0.3) is 0 Å². The van der Waals surface area contributed by atoms with Crippen LogP contribution in [0.4, 0.5) is 17.1 Å². The van der Waals surface area contributed by atoms with Gasteiger partial charge >= 0.3 is 0 Å². The van der Waals surface area contributed by atoms with E-state index < -0.39 is 5.41 Å². The number of benzene rings is 8. The molecular weight excluding hydrogens is 855 g/mol. The molecule has 0 amide bonds. The summed E-state index contributed by atoms with van der Waals surface area (Å²) in [5.41, 5.74) is 25.8. The maximum absolute atomic E-state index is 2.75. The van der Waals surface area contributed by atoms with Crippen molar-refractivity contribution in [2.24, 2.45) is 23.7 Å². The Morgan fingerprint density at radius 3 is 1.48 bits per heavy atom. The van der Waals surface area contributed by atoms with Crippen molar-refractivity contribution in [1.82, 2.24) is 0 Å². The Morgan fingerprint density at radius 1 is 0.366 bits per heavy atom. The molecule has 7 aliphatic carbocycles. The molecule has 0 N–H and O–H groups in total. The third-order valence-electron chi connectivity index (χ3n) is 20.4. The molecule has 7 aliphatic rings. The zero-order valence-electron chi connectivity index (χ0n) is 42.1. The van der Waals surface area contributed by atoms with E-state index in [0.29, 0.717) is 0 Å². The molecule has 8 aromatic carbocycles. The lowest BCUT2D eigenvalue weighted by Crippen LogP contribution is -2.28. The molecule has 8 aromatic rings. The van der Waals surface area contributed by atoms with Gasteiger partial charge < -0.3 is 4.90 Å². The first kappa shape index (κ1) is 42.3. The molecule has 4 unspecified atom stereocenters. The van der Waals surface area contributed by atoms with E-state index in [1.807, 2.05) is 0 Å². The van der Waals surface area contributed by atoms with Crippen molar-refractivity contribution in [2.45, 2.75) is 114 Å². The van der Waals surface area contributed by atoms with Crippen LogP contribution in [0, 0.1) is 23.7 Å². The standard InChI is InChI=1S/C70H65N/c1-67(2)58-26-11-8-24-53(58)54-36-33-51(39-61(54)67)71(64-29-13-10-23-52(64)44-17-6-5-7-18-44)65-30-16-28-60-66(65)57-25-9-12-27-59(57)70(60)62-37-49(68(3)40-45-19-14-20-46(45)41-68)31-34-55(62)56-35-32-50(38-63(56)70)69(4)42-47-21-15-22-48(47)43-69/h5-13,16-18,23-39,45-48H,14-15,19-22,40-43H2,1-4H3. The van der Waals surface area contributed by atoms with Crippen molar-refractivity contribution < 1.29 is 0 Å². The summed E-state index contributed by atoms with van der Waals surface area (Å²) in [6.45, 7) is 10.1. The molecule has 0 aromatic heterocycles. The van der Waals surface area contributed by atoms with Gasteiger partial charge in [-0.15, -0.1) is 0 Å². The molecule has 4 saturated carbocycles. The van der Waals surface area contributed by atoms with Crippen LogP contribution in [0.5, 0.6) is 0 Å². The first-order valence-electron chi connectivity index (χ1n) is 27.4. The number of para-hydroxylation sites is 1. The summed E-state index contributed by atoms with van der Waals surface area (Å²) in [6, 6.07) is 69.3. The Bertz CT molecular complexity index is 3390. The van der Waals surface area contributed by atoms with Crippen molar-refractivity contribution >= 4 is 17.1 Å². The van der Waals surface area contributed by atoms with Gasteiger partial charge in [0.1, 0.15) is 0 Å². The Labute approximate surface area is 422 Å². The molecule has 71 heavy (non-hydrogen) atoms. The molecule has 15 rings (SSSR count). The fourth-order valence-corrected chi connectivity index (χ4v) is 17.2. The number of hydrogen-bond acceptors (Lipinski definition) is 1. The van der Waals surface area contributed by atoms with E-state index in [2.05, 4.69) is 209 Å². The lowest BCUT2D eigenvalue weighted by molar-refractivity contribution is 0.439. The Morgan fingerprint density at radius 2 is 0.845 bits per heavy atom. The zero-order chi connectivity index (χ0) is 47.4. The van der Waals surface area contributed by atoms with E-state index in [4.69, 9.17) is 0 Å². The average molecular weight is 920 g/mol. The minimum Gasteiger partial charge on any atom is -0.309 e. The van der Waals surface area contributed by atoms with Crippen LogP contribution < -0.4 is 4.90 Å². The lowest BCUT2D eigenvalue weighted by Gasteiger charge is -2.35. The summed E-state index contributed by atoms with van der Waals surface area (Å²) < 4.78 is 0. The number of hydrogen-bond donors (Lipinski definition) is 0. The van der Waals surface area contributed by atoms with Crippen molar-refractivity contribution in [3.63, 3.8) is 0 Å². The van der Waals surface area contributed by atoms with Gasteiger partial charge in [-0.2, -0.15) is 0 Å². The van der Waals surface area contributed by atoms with Gasteiger partial charge in [0.2, 0.25) is 0 Å². The van der Waals surface area contributed by atoms with Gasteiger partial charge in [-0.25, -0.2) is 0 Å². The third-order valence-corrected chi connectivity index (χ3v) is 20.4. The molecule has 350 valence electrons. The Hall–Kier alpha value is -6.44. The average Bonchev–Trinajstić information content (AvgIpc) is 4.28. The third kappa shape index (κ3) is 5.81. The summed E-state index contributed by atoms with van der Waals surface area (Å²) in [4.78, 5) is 2.64. The minimum absolute atomic E-state index is 0.141. The number of nitrogens with zero attached hydrogens (tertiary/aromatic N) is 1. The van der Waals surface area contributed by atoms with Crippen molar-refractivity contribution in [3.05, 3.63) is 220 Å². The van der Waals surface area contributed by atoms with Gasteiger partial charge in [-0.05, 0) is 162 Å². The van der Waals surface area contributed by atoms with Crippen LogP contribution in [-0.4, -0.2) is 0 Å². The SMILES string of the molecule is CC1(c2ccc3c(c2)C2(c4cc(C5(C)CC6CCCC6C5)ccc4-3)c3ccccc3-c3c(N(c4ccc5c(c4)C(C)(C)c4ccccc4-5)c4ccccc4-c4ccccc4)cccc32)CC2CCCC2C1. The first-order chi connectivity index (χ1) is 34.6. The van der Waals surface area contributed by atoms with E-state index in [0.717, 1.165) is 23.7 Å². The lowest BCUT2D eigenvalue weighted by atomic mass is 9.68. The highest BCUT2D eigenvalue weighted by molar-refractivity contribution is 6.03. The van der Waals surface area contributed by atoms with Gasteiger partial charge in [0, 0.05) is 22.2 Å². The van der Waals surface area contributed by atoms with Crippen LogP contribution in [0.25, 0.3) is 44.5 Å². The Kier molecular flexibility index (Phi) is 8.96. The normalized spacial score (nSPS) is 27.4. The van der Waals surface area contributed by atoms with E-state index in [1.54, 1.807) is 11.1 Å². The molecule has 4 atom stereocenters. The molecule has 0 bridgehead atoms. The highest BCUT2D eigenvalue weighted by Gasteiger charge is 2.55. The molecule has 1 spiro atoms. The summed E-state index contributed by atoms with van der Waals surface area (Å²) >= 11 is 0. The number of anilines is 3. The van der Waals surface area contributed by atoms with Crippen LogP contribution in [-0.2, 0) is 21.7 Å². The molecule has 1 heteroatoms. The smallest absolute Gasteiger partial charge is 0.0726 e. The summed E-state index contributed by atoms with van der Waals surface area (Å²) in [6.07, 6.45) is 13.7. The predicted octanol–water partition coefficient (Wildman–Crippen LogP) is 18.4.